The normalized spacial score (nSPS) is 12.6. The van der Waals surface area contributed by atoms with Gasteiger partial charge in [0, 0.05) is 6.04 Å². The first kappa shape index (κ1) is 22.6. The second-order valence-corrected chi connectivity index (χ2v) is 8.02. The number of carbonyl (C=O) groups excluding carboxylic acids is 2. The molecule has 0 radical (unpaired) electrons. The molecule has 2 atom stereocenters. The second-order valence-electron chi connectivity index (χ2n) is 7.61. The SMILES string of the molecule is CC(CCc1ccccc1)NC(=O)CC(NC(=O)c1ccccc1Cl)c1ccccc1. The lowest BCUT2D eigenvalue weighted by Crippen LogP contribution is -2.37. The van der Waals surface area contributed by atoms with Gasteiger partial charge in [0.1, 0.15) is 0 Å². The molecule has 2 unspecified atom stereocenters. The number of halogens is 1. The van der Waals surface area contributed by atoms with E-state index < -0.39 is 6.04 Å². The smallest absolute Gasteiger partial charge is 0.253 e. The molecule has 0 aliphatic rings. The average Bonchev–Trinajstić information content (AvgIpc) is 2.78. The minimum absolute atomic E-state index is 0.0309. The van der Waals surface area contributed by atoms with E-state index in [0.29, 0.717) is 10.6 Å². The van der Waals surface area contributed by atoms with E-state index in [0.717, 1.165) is 18.4 Å². The highest BCUT2D eigenvalue weighted by Crippen LogP contribution is 2.20. The Morgan fingerprint density at radius 3 is 2.13 bits per heavy atom. The van der Waals surface area contributed by atoms with Gasteiger partial charge >= 0.3 is 0 Å². The number of nitrogens with one attached hydrogen (secondary N) is 2. The molecule has 0 saturated heterocycles. The first-order valence-corrected chi connectivity index (χ1v) is 10.8. The van der Waals surface area contributed by atoms with Crippen LogP contribution < -0.4 is 10.6 Å². The summed E-state index contributed by atoms with van der Waals surface area (Å²) in [5.41, 5.74) is 2.51. The number of rotatable bonds is 9. The minimum Gasteiger partial charge on any atom is -0.354 e. The summed E-state index contributed by atoms with van der Waals surface area (Å²) in [6.07, 6.45) is 1.89. The topological polar surface area (TPSA) is 58.2 Å². The highest BCUT2D eigenvalue weighted by atomic mass is 35.5. The molecule has 0 heterocycles. The summed E-state index contributed by atoms with van der Waals surface area (Å²) >= 11 is 6.17. The number of aryl methyl sites for hydroxylation is 1. The summed E-state index contributed by atoms with van der Waals surface area (Å²) in [5, 5.41) is 6.41. The molecule has 0 fully saturated rings. The minimum atomic E-state index is -0.453. The molecule has 5 heteroatoms. The fourth-order valence-electron chi connectivity index (χ4n) is 3.44. The standard InChI is InChI=1S/C26H27ClN2O2/c1-19(16-17-20-10-4-2-5-11-20)28-25(30)18-24(21-12-6-3-7-13-21)29-26(31)22-14-8-9-15-23(22)27/h2-15,19,24H,16-18H2,1H3,(H,28,30)(H,29,31). The van der Waals surface area contributed by atoms with Crippen LogP contribution in [0.15, 0.2) is 84.9 Å². The summed E-state index contributed by atoms with van der Waals surface area (Å²) < 4.78 is 0. The third kappa shape index (κ3) is 6.97. The first-order valence-electron chi connectivity index (χ1n) is 10.5. The summed E-state index contributed by atoms with van der Waals surface area (Å²) in [6.45, 7) is 2.00. The van der Waals surface area contributed by atoms with Crippen molar-refractivity contribution in [1.29, 1.82) is 0 Å². The maximum atomic E-state index is 12.8. The van der Waals surface area contributed by atoms with Crippen molar-refractivity contribution in [2.45, 2.75) is 38.3 Å². The van der Waals surface area contributed by atoms with Crippen molar-refractivity contribution < 1.29 is 9.59 Å². The first-order chi connectivity index (χ1) is 15.0. The number of hydrogen-bond donors (Lipinski definition) is 2. The van der Waals surface area contributed by atoms with E-state index in [1.54, 1.807) is 24.3 Å². The van der Waals surface area contributed by atoms with Gasteiger partial charge in [-0.1, -0.05) is 84.4 Å². The number of amides is 2. The van der Waals surface area contributed by atoms with Gasteiger partial charge in [0.2, 0.25) is 5.91 Å². The summed E-state index contributed by atoms with van der Waals surface area (Å²) in [4.78, 5) is 25.5. The van der Waals surface area contributed by atoms with Crippen LogP contribution in [0.2, 0.25) is 5.02 Å². The highest BCUT2D eigenvalue weighted by molar-refractivity contribution is 6.33. The van der Waals surface area contributed by atoms with Crippen molar-refractivity contribution in [2.24, 2.45) is 0 Å². The Morgan fingerprint density at radius 2 is 1.45 bits per heavy atom. The lowest BCUT2D eigenvalue weighted by Gasteiger charge is -2.21. The van der Waals surface area contributed by atoms with Gasteiger partial charge in [-0.25, -0.2) is 0 Å². The van der Waals surface area contributed by atoms with E-state index in [-0.39, 0.29) is 24.3 Å². The maximum Gasteiger partial charge on any atom is 0.253 e. The largest absolute Gasteiger partial charge is 0.354 e. The molecule has 2 N–H and O–H groups in total. The summed E-state index contributed by atoms with van der Waals surface area (Å²) in [6, 6.07) is 26.2. The Bertz CT molecular complexity index is 993. The predicted octanol–water partition coefficient (Wildman–Crippen LogP) is 5.34. The molecule has 4 nitrogen and oxygen atoms in total. The summed E-state index contributed by atoms with van der Waals surface area (Å²) in [7, 11) is 0. The Kier molecular flexibility index (Phi) is 8.25. The van der Waals surface area contributed by atoms with Crippen LogP contribution in [-0.2, 0) is 11.2 Å². The van der Waals surface area contributed by atoms with Gasteiger partial charge in [0.25, 0.3) is 5.91 Å². The Balaban J connectivity index is 1.62. The molecule has 31 heavy (non-hydrogen) atoms. The number of benzene rings is 3. The van der Waals surface area contributed by atoms with E-state index >= 15 is 0 Å². The van der Waals surface area contributed by atoms with Crippen molar-refractivity contribution in [2.75, 3.05) is 0 Å². The Morgan fingerprint density at radius 1 is 0.839 bits per heavy atom. The molecule has 0 aliphatic carbocycles. The maximum absolute atomic E-state index is 12.8. The van der Waals surface area contributed by atoms with E-state index in [1.807, 2.05) is 55.5 Å². The van der Waals surface area contributed by atoms with Crippen LogP contribution in [0.4, 0.5) is 0 Å². The molecular weight excluding hydrogens is 408 g/mol. The zero-order valence-electron chi connectivity index (χ0n) is 17.6. The Labute approximate surface area is 188 Å². The molecule has 0 spiro atoms. The molecule has 0 saturated carbocycles. The molecule has 160 valence electrons. The zero-order valence-corrected chi connectivity index (χ0v) is 18.3. The monoisotopic (exact) mass is 434 g/mol. The molecule has 0 aromatic heterocycles. The van der Waals surface area contributed by atoms with E-state index in [2.05, 4.69) is 22.8 Å². The van der Waals surface area contributed by atoms with Gasteiger partial charge in [-0.3, -0.25) is 9.59 Å². The van der Waals surface area contributed by atoms with Gasteiger partial charge in [-0.2, -0.15) is 0 Å². The highest BCUT2D eigenvalue weighted by Gasteiger charge is 2.21. The molecule has 2 amide bonds. The van der Waals surface area contributed by atoms with Crippen LogP contribution in [0, 0.1) is 0 Å². The average molecular weight is 435 g/mol. The van der Waals surface area contributed by atoms with Crippen LogP contribution in [0.25, 0.3) is 0 Å². The second kappa shape index (κ2) is 11.3. The fraction of sp³-hybridized carbons (Fsp3) is 0.231. The zero-order chi connectivity index (χ0) is 22.1. The molecule has 3 aromatic carbocycles. The Hall–Kier alpha value is -3.11. The third-order valence-corrected chi connectivity index (χ3v) is 5.46. The van der Waals surface area contributed by atoms with E-state index in [4.69, 9.17) is 11.6 Å². The molecule has 3 aromatic rings. The number of carbonyl (C=O) groups is 2. The van der Waals surface area contributed by atoms with Crippen LogP contribution in [0.1, 0.15) is 47.3 Å². The summed E-state index contributed by atoms with van der Waals surface area (Å²) in [5.74, 6) is -0.404. The van der Waals surface area contributed by atoms with E-state index in [9.17, 15) is 9.59 Å². The molecule has 0 bridgehead atoms. The lowest BCUT2D eigenvalue weighted by molar-refractivity contribution is -0.122. The van der Waals surface area contributed by atoms with Crippen LogP contribution in [0.3, 0.4) is 0 Å². The van der Waals surface area contributed by atoms with Crippen LogP contribution in [0.5, 0.6) is 0 Å². The van der Waals surface area contributed by atoms with Crippen molar-refractivity contribution >= 4 is 23.4 Å². The van der Waals surface area contributed by atoms with Crippen molar-refractivity contribution in [3.05, 3.63) is 107 Å². The van der Waals surface area contributed by atoms with Gasteiger partial charge in [-0.15, -0.1) is 0 Å². The third-order valence-electron chi connectivity index (χ3n) is 5.13. The van der Waals surface area contributed by atoms with Crippen molar-refractivity contribution in [3.63, 3.8) is 0 Å². The predicted molar refractivity (Wildman–Crippen MR) is 125 cm³/mol. The van der Waals surface area contributed by atoms with Gasteiger partial charge in [0.05, 0.1) is 23.0 Å². The van der Waals surface area contributed by atoms with Gasteiger partial charge < -0.3 is 10.6 Å². The van der Waals surface area contributed by atoms with Gasteiger partial charge in [-0.05, 0) is 43.0 Å². The van der Waals surface area contributed by atoms with E-state index in [1.165, 1.54) is 5.56 Å². The van der Waals surface area contributed by atoms with Crippen molar-refractivity contribution in [1.82, 2.24) is 10.6 Å². The molecule has 0 aliphatic heterocycles. The lowest BCUT2D eigenvalue weighted by atomic mass is 10.0. The molecular formula is C26H27ClN2O2. The molecule has 3 rings (SSSR count). The van der Waals surface area contributed by atoms with Crippen LogP contribution >= 0.6 is 11.6 Å². The fourth-order valence-corrected chi connectivity index (χ4v) is 3.66. The van der Waals surface area contributed by atoms with Crippen LogP contribution in [-0.4, -0.2) is 17.9 Å². The number of hydrogen-bond acceptors (Lipinski definition) is 2. The van der Waals surface area contributed by atoms with Crippen molar-refractivity contribution in [3.8, 4) is 0 Å². The van der Waals surface area contributed by atoms with Gasteiger partial charge in [0.15, 0.2) is 0 Å². The quantitative estimate of drug-likeness (QED) is 0.477.